The third-order valence-corrected chi connectivity index (χ3v) is 5.45. The third-order valence-electron chi connectivity index (χ3n) is 5.45. The van der Waals surface area contributed by atoms with Gasteiger partial charge >= 0.3 is 24.3 Å². The van der Waals surface area contributed by atoms with Crippen molar-refractivity contribution in [2.24, 2.45) is 11.3 Å². The lowest BCUT2D eigenvalue weighted by Gasteiger charge is -2.48. The van der Waals surface area contributed by atoms with Crippen molar-refractivity contribution in [1.82, 2.24) is 14.8 Å². The first-order chi connectivity index (χ1) is 15.6. The van der Waals surface area contributed by atoms with Crippen LogP contribution in [-0.2, 0) is 9.59 Å². The Bertz CT molecular complexity index is 844. The van der Waals surface area contributed by atoms with E-state index in [0.29, 0.717) is 5.41 Å². The molecule has 2 N–H and O–H groups in total. The average molecular weight is 499 g/mol. The van der Waals surface area contributed by atoms with Crippen LogP contribution in [0, 0.1) is 11.3 Å². The van der Waals surface area contributed by atoms with E-state index < -0.39 is 24.3 Å². The second kappa shape index (κ2) is 10.6. The number of aromatic nitrogens is 1. The Balaban J connectivity index is 0.000000244. The van der Waals surface area contributed by atoms with Crippen LogP contribution >= 0.6 is 0 Å². The summed E-state index contributed by atoms with van der Waals surface area (Å²) in [4.78, 5) is 38.9. The van der Waals surface area contributed by atoms with Crippen LogP contribution in [0.4, 0.5) is 26.3 Å². The van der Waals surface area contributed by atoms with Crippen LogP contribution in [0.25, 0.3) is 0 Å². The molecule has 4 rings (SSSR count). The maximum absolute atomic E-state index is 12.4. The van der Waals surface area contributed by atoms with E-state index in [2.05, 4.69) is 9.88 Å². The van der Waals surface area contributed by atoms with Crippen molar-refractivity contribution >= 4 is 17.8 Å². The first-order valence-electron chi connectivity index (χ1n) is 10.1. The van der Waals surface area contributed by atoms with Gasteiger partial charge in [-0.05, 0) is 37.3 Å². The lowest BCUT2D eigenvalue weighted by atomic mass is 9.79. The lowest BCUT2D eigenvalue weighted by molar-refractivity contribution is -0.193. The molecule has 2 saturated heterocycles. The van der Waals surface area contributed by atoms with Crippen LogP contribution in [0.3, 0.4) is 0 Å². The minimum Gasteiger partial charge on any atom is -0.475 e. The number of carbonyl (C=O) groups excluding carboxylic acids is 1. The molecular formula is C20H23F6N3O5. The molecule has 0 unspecified atom stereocenters. The van der Waals surface area contributed by atoms with Gasteiger partial charge < -0.3 is 20.0 Å². The smallest absolute Gasteiger partial charge is 0.475 e. The highest BCUT2D eigenvalue weighted by Gasteiger charge is 2.49. The maximum Gasteiger partial charge on any atom is 0.490 e. The molecule has 1 spiro atoms. The van der Waals surface area contributed by atoms with Gasteiger partial charge in [0.15, 0.2) is 0 Å². The van der Waals surface area contributed by atoms with Gasteiger partial charge in [-0.1, -0.05) is 0 Å². The molecule has 3 fully saturated rings. The monoisotopic (exact) mass is 499 g/mol. The molecule has 0 radical (unpaired) electrons. The summed E-state index contributed by atoms with van der Waals surface area (Å²) in [7, 11) is 0. The molecule has 1 amide bonds. The summed E-state index contributed by atoms with van der Waals surface area (Å²) in [5, 5.41) is 14.2. The Hall–Kier alpha value is -2.90. The SMILES string of the molecule is O=C(O)C(F)(F)F.O=C(O)C(F)(F)F.O=C(c1cccnc1)N1CCC2(CN(CC3CC3)C2)C1. The molecule has 3 aliphatic rings. The molecule has 190 valence electrons. The summed E-state index contributed by atoms with van der Waals surface area (Å²) in [6.07, 6.45) is -2.76. The fraction of sp³-hybridized carbons (Fsp3) is 0.600. The molecule has 0 atom stereocenters. The number of hydrogen-bond acceptors (Lipinski definition) is 5. The first kappa shape index (κ1) is 27.3. The number of carboxylic acid groups (broad SMARTS) is 2. The van der Waals surface area contributed by atoms with E-state index in [1.165, 1.54) is 38.9 Å². The molecule has 1 saturated carbocycles. The first-order valence-corrected chi connectivity index (χ1v) is 10.1. The maximum atomic E-state index is 12.4. The van der Waals surface area contributed by atoms with Crippen LogP contribution in [0.5, 0.6) is 0 Å². The molecule has 14 heteroatoms. The number of aliphatic carboxylic acids is 2. The predicted molar refractivity (Wildman–Crippen MR) is 104 cm³/mol. The van der Waals surface area contributed by atoms with Crippen molar-refractivity contribution in [2.75, 3.05) is 32.7 Å². The quantitative estimate of drug-likeness (QED) is 0.616. The van der Waals surface area contributed by atoms with E-state index in [1.54, 1.807) is 12.4 Å². The van der Waals surface area contributed by atoms with Crippen LogP contribution in [-0.4, -0.2) is 87.9 Å². The van der Waals surface area contributed by atoms with Gasteiger partial charge in [-0.25, -0.2) is 9.59 Å². The number of halogens is 6. The van der Waals surface area contributed by atoms with Crippen molar-refractivity contribution in [1.29, 1.82) is 0 Å². The fourth-order valence-electron chi connectivity index (χ4n) is 3.74. The van der Waals surface area contributed by atoms with Crippen molar-refractivity contribution in [3.05, 3.63) is 30.1 Å². The number of rotatable bonds is 3. The zero-order valence-electron chi connectivity index (χ0n) is 17.8. The molecule has 0 aromatic carbocycles. The van der Waals surface area contributed by atoms with E-state index in [-0.39, 0.29) is 5.91 Å². The van der Waals surface area contributed by atoms with E-state index in [0.717, 1.165) is 24.6 Å². The van der Waals surface area contributed by atoms with Gasteiger partial charge in [-0.15, -0.1) is 0 Å². The van der Waals surface area contributed by atoms with Gasteiger partial charge in [0.2, 0.25) is 0 Å². The second-order valence-corrected chi connectivity index (χ2v) is 8.44. The van der Waals surface area contributed by atoms with Crippen molar-refractivity contribution in [3.8, 4) is 0 Å². The summed E-state index contributed by atoms with van der Waals surface area (Å²) in [6.45, 7) is 5.52. The van der Waals surface area contributed by atoms with Gasteiger partial charge in [-0.3, -0.25) is 9.78 Å². The number of amides is 1. The van der Waals surface area contributed by atoms with E-state index in [4.69, 9.17) is 19.8 Å². The number of carboxylic acids is 2. The standard InChI is InChI=1S/C16H21N3O.2C2HF3O2/c20-15(14-2-1-6-17-8-14)19-7-5-16(12-19)10-18(11-16)9-13-3-4-13;2*3-2(4,5)1(6)7/h1-2,6,8,13H,3-5,7,9-12H2;2*(H,6,7). The molecule has 8 nitrogen and oxygen atoms in total. The lowest BCUT2D eigenvalue weighted by Crippen LogP contribution is -2.58. The molecule has 1 aromatic rings. The molecule has 2 aliphatic heterocycles. The van der Waals surface area contributed by atoms with E-state index in [9.17, 15) is 31.1 Å². The largest absolute Gasteiger partial charge is 0.490 e. The molecule has 1 aliphatic carbocycles. The Labute approximate surface area is 190 Å². The second-order valence-electron chi connectivity index (χ2n) is 8.44. The van der Waals surface area contributed by atoms with Crippen molar-refractivity contribution < 1.29 is 50.9 Å². The minimum absolute atomic E-state index is 0.149. The number of nitrogens with zero attached hydrogens (tertiary/aromatic N) is 3. The fourth-order valence-corrected chi connectivity index (χ4v) is 3.74. The Kier molecular flexibility index (Phi) is 8.50. The van der Waals surface area contributed by atoms with E-state index >= 15 is 0 Å². The average Bonchev–Trinajstić information content (AvgIpc) is 3.42. The molecule has 0 bridgehead atoms. The summed E-state index contributed by atoms with van der Waals surface area (Å²) in [5.41, 5.74) is 1.12. The van der Waals surface area contributed by atoms with Gasteiger partial charge in [0.1, 0.15) is 0 Å². The normalized spacial score (nSPS) is 19.3. The van der Waals surface area contributed by atoms with Crippen molar-refractivity contribution in [3.63, 3.8) is 0 Å². The van der Waals surface area contributed by atoms with Gasteiger partial charge in [0.25, 0.3) is 5.91 Å². The number of carbonyl (C=O) groups is 3. The highest BCUT2D eigenvalue weighted by Crippen LogP contribution is 2.42. The number of likely N-dealkylation sites (tertiary alicyclic amines) is 2. The van der Waals surface area contributed by atoms with Crippen LogP contribution in [0.2, 0.25) is 0 Å². The molecular weight excluding hydrogens is 476 g/mol. The number of alkyl halides is 6. The predicted octanol–water partition coefficient (Wildman–Crippen LogP) is 2.91. The molecule has 3 heterocycles. The third kappa shape index (κ3) is 8.15. The minimum atomic E-state index is -5.08. The number of pyridine rings is 1. The Morgan fingerprint density at radius 1 is 1.00 bits per heavy atom. The Morgan fingerprint density at radius 2 is 1.53 bits per heavy atom. The van der Waals surface area contributed by atoms with Crippen molar-refractivity contribution in [2.45, 2.75) is 31.6 Å². The topological polar surface area (TPSA) is 111 Å². The molecule has 34 heavy (non-hydrogen) atoms. The zero-order chi connectivity index (χ0) is 25.7. The highest BCUT2D eigenvalue weighted by molar-refractivity contribution is 5.94. The van der Waals surface area contributed by atoms with E-state index in [1.807, 2.05) is 17.0 Å². The summed E-state index contributed by atoms with van der Waals surface area (Å²) in [5.74, 6) is -4.39. The van der Waals surface area contributed by atoms with Gasteiger partial charge in [-0.2, -0.15) is 26.3 Å². The summed E-state index contributed by atoms with van der Waals surface area (Å²) in [6, 6.07) is 3.69. The molecule has 1 aromatic heterocycles. The zero-order valence-corrected chi connectivity index (χ0v) is 17.8. The summed E-state index contributed by atoms with van der Waals surface area (Å²) >= 11 is 0. The van der Waals surface area contributed by atoms with Crippen LogP contribution in [0.1, 0.15) is 29.6 Å². The summed E-state index contributed by atoms with van der Waals surface area (Å²) < 4.78 is 63.5. The van der Waals surface area contributed by atoms with Crippen LogP contribution < -0.4 is 0 Å². The highest BCUT2D eigenvalue weighted by atomic mass is 19.4. The Morgan fingerprint density at radius 3 is 1.94 bits per heavy atom. The number of hydrogen-bond donors (Lipinski definition) is 2. The van der Waals surface area contributed by atoms with Gasteiger partial charge in [0.05, 0.1) is 5.56 Å². The van der Waals surface area contributed by atoms with Crippen LogP contribution in [0.15, 0.2) is 24.5 Å². The van der Waals surface area contributed by atoms with Gasteiger partial charge in [0, 0.05) is 50.5 Å².